The van der Waals surface area contributed by atoms with Crippen LogP contribution >= 0.6 is 34.3 Å². The van der Waals surface area contributed by atoms with Crippen LogP contribution in [0.15, 0.2) is 48.0 Å². The molecule has 108 valence electrons. The van der Waals surface area contributed by atoms with Crippen molar-refractivity contribution < 1.29 is 4.79 Å². The summed E-state index contributed by atoms with van der Waals surface area (Å²) in [5, 5.41) is 6.41. The zero-order chi connectivity index (χ0) is 15.1. The Morgan fingerprint density at radius 1 is 1.18 bits per heavy atom. The fourth-order valence-electron chi connectivity index (χ4n) is 2.33. The van der Waals surface area contributed by atoms with Crippen LogP contribution in [0.1, 0.15) is 9.67 Å². The molecule has 0 aliphatic carbocycles. The average Bonchev–Trinajstić information content (AvgIpc) is 3.11. The van der Waals surface area contributed by atoms with E-state index in [1.807, 2.05) is 41.8 Å². The highest BCUT2D eigenvalue weighted by Gasteiger charge is 2.18. The van der Waals surface area contributed by atoms with Gasteiger partial charge in [-0.15, -0.1) is 22.7 Å². The minimum Gasteiger partial charge on any atom is -0.319 e. The van der Waals surface area contributed by atoms with Crippen molar-refractivity contribution in [3.8, 4) is 0 Å². The van der Waals surface area contributed by atoms with Gasteiger partial charge >= 0.3 is 0 Å². The SMILES string of the molecule is O=C(Nc1cccc2cccnc12)c1sc2ccsc2c1Cl. The van der Waals surface area contributed by atoms with Gasteiger partial charge in [-0.05, 0) is 23.6 Å². The van der Waals surface area contributed by atoms with Gasteiger partial charge in [0.1, 0.15) is 4.88 Å². The molecule has 1 N–H and O–H groups in total. The normalized spacial score (nSPS) is 11.1. The number of amides is 1. The van der Waals surface area contributed by atoms with Gasteiger partial charge in [-0.2, -0.15) is 0 Å². The second kappa shape index (κ2) is 5.35. The summed E-state index contributed by atoms with van der Waals surface area (Å²) in [6.07, 6.45) is 1.71. The second-order valence-electron chi connectivity index (χ2n) is 4.69. The van der Waals surface area contributed by atoms with Crippen LogP contribution in [0.2, 0.25) is 5.02 Å². The summed E-state index contributed by atoms with van der Waals surface area (Å²) >= 11 is 9.28. The Labute approximate surface area is 139 Å². The van der Waals surface area contributed by atoms with Crippen molar-refractivity contribution >= 4 is 66.2 Å². The Kier molecular flexibility index (Phi) is 3.33. The summed E-state index contributed by atoms with van der Waals surface area (Å²) in [4.78, 5) is 17.4. The van der Waals surface area contributed by atoms with Crippen LogP contribution in [0.3, 0.4) is 0 Å². The number of rotatable bonds is 2. The molecule has 0 atom stereocenters. The summed E-state index contributed by atoms with van der Waals surface area (Å²) in [5.74, 6) is -0.198. The van der Waals surface area contributed by atoms with E-state index in [1.54, 1.807) is 17.5 Å². The maximum atomic E-state index is 12.5. The molecule has 0 aliphatic heterocycles. The molecule has 0 saturated heterocycles. The molecule has 3 nitrogen and oxygen atoms in total. The fraction of sp³-hybridized carbons (Fsp3) is 0. The number of fused-ring (bicyclic) bond motifs is 2. The van der Waals surface area contributed by atoms with Gasteiger partial charge in [-0.25, -0.2) is 0 Å². The molecule has 0 aliphatic rings. The first-order valence-electron chi connectivity index (χ1n) is 6.54. The number of hydrogen-bond donors (Lipinski definition) is 1. The van der Waals surface area contributed by atoms with Gasteiger partial charge in [0.15, 0.2) is 0 Å². The average molecular weight is 345 g/mol. The molecule has 0 radical (unpaired) electrons. The number of aromatic nitrogens is 1. The molecule has 0 saturated carbocycles. The van der Waals surface area contributed by atoms with E-state index < -0.39 is 0 Å². The van der Waals surface area contributed by atoms with E-state index in [2.05, 4.69) is 10.3 Å². The molecule has 0 unspecified atom stereocenters. The van der Waals surface area contributed by atoms with Crippen LogP contribution in [0.5, 0.6) is 0 Å². The van der Waals surface area contributed by atoms with Gasteiger partial charge < -0.3 is 5.32 Å². The van der Waals surface area contributed by atoms with Crippen LogP contribution in [0, 0.1) is 0 Å². The number of pyridine rings is 1. The van der Waals surface area contributed by atoms with Crippen molar-refractivity contribution in [3.63, 3.8) is 0 Å². The van der Waals surface area contributed by atoms with Crippen LogP contribution in [0.25, 0.3) is 20.3 Å². The zero-order valence-electron chi connectivity index (χ0n) is 11.2. The molecule has 3 heterocycles. The van der Waals surface area contributed by atoms with E-state index >= 15 is 0 Å². The lowest BCUT2D eigenvalue weighted by molar-refractivity contribution is 0.103. The van der Waals surface area contributed by atoms with Gasteiger partial charge in [0.25, 0.3) is 5.91 Å². The summed E-state index contributed by atoms with van der Waals surface area (Å²) < 4.78 is 2.00. The third-order valence-corrected chi connectivity index (χ3v) is 6.14. The molecule has 0 fully saturated rings. The predicted molar refractivity (Wildman–Crippen MR) is 94.4 cm³/mol. The van der Waals surface area contributed by atoms with Crippen LogP contribution in [0.4, 0.5) is 5.69 Å². The van der Waals surface area contributed by atoms with Crippen molar-refractivity contribution in [3.05, 3.63) is 57.9 Å². The minimum absolute atomic E-state index is 0.198. The predicted octanol–water partition coefficient (Wildman–Crippen LogP) is 5.42. The van der Waals surface area contributed by atoms with E-state index in [9.17, 15) is 4.79 Å². The Morgan fingerprint density at radius 3 is 2.91 bits per heavy atom. The molecule has 6 heteroatoms. The molecular formula is C16H9ClN2OS2. The van der Waals surface area contributed by atoms with Gasteiger partial charge in [-0.3, -0.25) is 9.78 Å². The Hall–Kier alpha value is -1.95. The molecule has 0 bridgehead atoms. The molecule has 3 aromatic heterocycles. The van der Waals surface area contributed by atoms with E-state index in [1.165, 1.54) is 11.3 Å². The van der Waals surface area contributed by atoms with Crippen LogP contribution < -0.4 is 5.32 Å². The van der Waals surface area contributed by atoms with Crippen LogP contribution in [-0.2, 0) is 0 Å². The standard InChI is InChI=1S/C16H9ClN2OS2/c17-12-14-11(6-8-21-14)22-15(12)16(20)19-10-5-1-3-9-4-2-7-18-13(9)10/h1-8H,(H,19,20). The largest absolute Gasteiger partial charge is 0.319 e. The molecule has 4 rings (SSSR count). The number of anilines is 1. The third-order valence-electron chi connectivity index (χ3n) is 3.33. The quantitative estimate of drug-likeness (QED) is 0.527. The number of thiophene rings is 2. The number of halogens is 1. The zero-order valence-corrected chi connectivity index (χ0v) is 13.6. The smallest absolute Gasteiger partial charge is 0.267 e. The number of hydrogen-bond acceptors (Lipinski definition) is 4. The topological polar surface area (TPSA) is 42.0 Å². The molecule has 0 spiro atoms. The highest BCUT2D eigenvalue weighted by Crippen LogP contribution is 2.39. The first kappa shape index (κ1) is 13.7. The summed E-state index contributed by atoms with van der Waals surface area (Å²) in [6, 6.07) is 11.5. The molecule has 22 heavy (non-hydrogen) atoms. The van der Waals surface area contributed by atoms with Crippen molar-refractivity contribution in [2.24, 2.45) is 0 Å². The first-order chi connectivity index (χ1) is 10.7. The van der Waals surface area contributed by atoms with Crippen LogP contribution in [-0.4, -0.2) is 10.9 Å². The number of nitrogens with one attached hydrogen (secondary N) is 1. The van der Waals surface area contributed by atoms with Crippen molar-refractivity contribution in [1.82, 2.24) is 4.98 Å². The summed E-state index contributed by atoms with van der Waals surface area (Å²) in [6.45, 7) is 0. The number of carbonyl (C=O) groups excluding carboxylic acids is 1. The van der Waals surface area contributed by atoms with Gasteiger partial charge in [0.05, 0.1) is 20.9 Å². The minimum atomic E-state index is -0.198. The van der Waals surface area contributed by atoms with E-state index in [4.69, 9.17) is 11.6 Å². The lowest BCUT2D eigenvalue weighted by Crippen LogP contribution is -2.11. The lowest BCUT2D eigenvalue weighted by atomic mass is 10.2. The van der Waals surface area contributed by atoms with E-state index in [-0.39, 0.29) is 5.91 Å². The fourth-order valence-corrected chi connectivity index (χ4v) is 4.86. The van der Waals surface area contributed by atoms with E-state index in [0.717, 1.165) is 20.3 Å². The number of benzene rings is 1. The van der Waals surface area contributed by atoms with Gasteiger partial charge in [0, 0.05) is 16.3 Å². The third kappa shape index (κ3) is 2.18. The lowest BCUT2D eigenvalue weighted by Gasteiger charge is -2.07. The Bertz CT molecular complexity index is 1000. The number of carbonyl (C=O) groups is 1. The molecular weight excluding hydrogens is 336 g/mol. The van der Waals surface area contributed by atoms with Crippen molar-refractivity contribution in [2.75, 3.05) is 5.32 Å². The summed E-state index contributed by atoms with van der Waals surface area (Å²) in [5.41, 5.74) is 1.46. The molecule has 1 amide bonds. The van der Waals surface area contributed by atoms with Crippen molar-refractivity contribution in [1.29, 1.82) is 0 Å². The monoisotopic (exact) mass is 344 g/mol. The molecule has 4 aromatic rings. The molecule has 1 aromatic carbocycles. The highest BCUT2D eigenvalue weighted by atomic mass is 35.5. The number of nitrogens with zero attached hydrogens (tertiary/aromatic N) is 1. The second-order valence-corrected chi connectivity index (χ2v) is 7.04. The highest BCUT2D eigenvalue weighted by molar-refractivity contribution is 7.29. The number of para-hydroxylation sites is 1. The van der Waals surface area contributed by atoms with Gasteiger partial charge in [-0.1, -0.05) is 29.8 Å². The first-order valence-corrected chi connectivity index (χ1v) is 8.62. The Morgan fingerprint density at radius 2 is 2.05 bits per heavy atom. The van der Waals surface area contributed by atoms with Crippen molar-refractivity contribution in [2.45, 2.75) is 0 Å². The maximum Gasteiger partial charge on any atom is 0.267 e. The maximum absolute atomic E-state index is 12.5. The Balaban J connectivity index is 1.74. The van der Waals surface area contributed by atoms with E-state index in [0.29, 0.717) is 15.6 Å². The summed E-state index contributed by atoms with van der Waals surface area (Å²) in [7, 11) is 0. The van der Waals surface area contributed by atoms with Gasteiger partial charge in [0.2, 0.25) is 0 Å².